The summed E-state index contributed by atoms with van der Waals surface area (Å²) in [5.74, 6) is -2.76. The lowest BCUT2D eigenvalue weighted by molar-refractivity contribution is -0.287. The zero-order chi connectivity index (χ0) is 26.7. The number of ether oxygens (including phenoxy) is 2. The van der Waals surface area contributed by atoms with E-state index in [1.54, 1.807) is 6.92 Å². The minimum absolute atomic E-state index is 0.258. The number of carboxylic acid groups (broad SMARTS) is 1. The highest BCUT2D eigenvalue weighted by Gasteiger charge is 2.43. The van der Waals surface area contributed by atoms with Gasteiger partial charge in [0.2, 0.25) is 0 Å². The molecule has 11 nitrogen and oxygen atoms in total. The molecule has 0 aromatic carbocycles. The highest BCUT2D eigenvalue weighted by atomic mass is 16.6. The molecule has 0 aliphatic carbocycles. The van der Waals surface area contributed by atoms with E-state index < -0.39 is 67.9 Å². The van der Waals surface area contributed by atoms with Gasteiger partial charge < -0.3 is 45.2 Å². The van der Waals surface area contributed by atoms with Gasteiger partial charge in [0.15, 0.2) is 6.29 Å². The molecule has 1 saturated heterocycles. The van der Waals surface area contributed by atoms with Crippen LogP contribution in [-0.2, 0) is 19.1 Å². The largest absolute Gasteiger partial charge is 0.478 e. The number of carbonyl (C=O) groups is 2. The van der Waals surface area contributed by atoms with Crippen molar-refractivity contribution in [3.05, 3.63) is 23.3 Å². The van der Waals surface area contributed by atoms with Crippen molar-refractivity contribution in [2.45, 2.75) is 89.7 Å². The molecule has 1 aliphatic heterocycles. The second-order valence-corrected chi connectivity index (χ2v) is 9.33. The monoisotopic (exact) mass is 504 g/mol. The lowest BCUT2D eigenvalue weighted by Gasteiger charge is -2.38. The molecule has 0 unspecified atom stereocenters. The third-order valence-corrected chi connectivity index (χ3v) is 5.98. The number of carbonyl (C=O) groups excluding carboxylic acids is 1. The second kappa shape index (κ2) is 15.3. The quantitative estimate of drug-likeness (QED) is 0.0720. The van der Waals surface area contributed by atoms with Crippen molar-refractivity contribution in [2.75, 3.05) is 13.2 Å². The number of hydrogen-bond donors (Lipinski definition) is 7. The van der Waals surface area contributed by atoms with Gasteiger partial charge in [0, 0.05) is 6.08 Å². The average molecular weight is 505 g/mol. The normalized spacial score (nSPS) is 28.3. The molecule has 0 aromatic rings. The van der Waals surface area contributed by atoms with Crippen LogP contribution in [0.25, 0.3) is 0 Å². The predicted molar refractivity (Wildman–Crippen MR) is 124 cm³/mol. The maximum Gasteiger partial charge on any atom is 0.328 e. The van der Waals surface area contributed by atoms with Crippen LogP contribution >= 0.6 is 0 Å². The summed E-state index contributed by atoms with van der Waals surface area (Å²) in [6, 6.07) is 0. The standard InChI is InChI=1S/C24H40O11/c1-13(8-14(2)9-15(3)10-19(27)28)6-4-5-7-17(26)16(11-25)23(32)34-12-18-20(29)21(30)22(31)24(33)35-18/h9-10,13,16-18,20-22,24-26,29-31,33H,4-8,11-12H2,1-3H3,(H,27,28)/b14-9+,15-10+/t13-,16-,17-,18-,20+,21+,22+,24-/m1/s1. The summed E-state index contributed by atoms with van der Waals surface area (Å²) in [7, 11) is 0. The van der Waals surface area contributed by atoms with Gasteiger partial charge in [0.25, 0.3) is 0 Å². The molecule has 8 atom stereocenters. The van der Waals surface area contributed by atoms with Crippen LogP contribution in [0.5, 0.6) is 0 Å². The molecular formula is C24H40O11. The van der Waals surface area contributed by atoms with E-state index in [1.165, 1.54) is 0 Å². The van der Waals surface area contributed by atoms with E-state index in [2.05, 4.69) is 6.92 Å². The number of carboxylic acids is 1. The van der Waals surface area contributed by atoms with Gasteiger partial charge in [-0.05, 0) is 38.2 Å². The van der Waals surface area contributed by atoms with E-state index in [0.717, 1.165) is 30.9 Å². The molecule has 0 radical (unpaired) electrons. The van der Waals surface area contributed by atoms with E-state index in [0.29, 0.717) is 17.9 Å². The van der Waals surface area contributed by atoms with Crippen LogP contribution in [0.3, 0.4) is 0 Å². The van der Waals surface area contributed by atoms with E-state index in [4.69, 9.17) is 14.6 Å². The van der Waals surface area contributed by atoms with Crippen molar-refractivity contribution in [3.8, 4) is 0 Å². The average Bonchev–Trinajstić information content (AvgIpc) is 2.76. The summed E-state index contributed by atoms with van der Waals surface area (Å²) < 4.78 is 9.94. The smallest absolute Gasteiger partial charge is 0.328 e. The molecule has 0 amide bonds. The molecule has 0 aromatic heterocycles. The highest BCUT2D eigenvalue weighted by molar-refractivity contribution is 5.81. The first-order valence-corrected chi connectivity index (χ1v) is 11.8. The number of aliphatic hydroxyl groups excluding tert-OH is 6. The first-order valence-electron chi connectivity index (χ1n) is 11.8. The molecule has 7 N–H and O–H groups in total. The lowest BCUT2D eigenvalue weighted by Crippen LogP contribution is -2.58. The van der Waals surface area contributed by atoms with Crippen LogP contribution in [0.4, 0.5) is 0 Å². The van der Waals surface area contributed by atoms with Crippen molar-refractivity contribution in [2.24, 2.45) is 11.8 Å². The van der Waals surface area contributed by atoms with Crippen LogP contribution in [0, 0.1) is 11.8 Å². The number of aliphatic carboxylic acids is 1. The van der Waals surface area contributed by atoms with Gasteiger partial charge in [-0.3, -0.25) is 4.79 Å². The van der Waals surface area contributed by atoms with Gasteiger partial charge >= 0.3 is 11.9 Å². The molecule has 11 heteroatoms. The predicted octanol–water partition coefficient (Wildman–Crippen LogP) is -0.137. The minimum Gasteiger partial charge on any atom is -0.478 e. The molecule has 0 saturated carbocycles. The van der Waals surface area contributed by atoms with Crippen LogP contribution in [0.1, 0.15) is 52.9 Å². The van der Waals surface area contributed by atoms with Crippen molar-refractivity contribution >= 4 is 11.9 Å². The van der Waals surface area contributed by atoms with Crippen molar-refractivity contribution in [3.63, 3.8) is 0 Å². The molecule has 1 rings (SSSR count). The summed E-state index contributed by atoms with van der Waals surface area (Å²) >= 11 is 0. The Balaban J connectivity index is 2.42. The summed E-state index contributed by atoms with van der Waals surface area (Å²) in [5.41, 5.74) is 1.74. The molecule has 0 spiro atoms. The highest BCUT2D eigenvalue weighted by Crippen LogP contribution is 2.22. The molecule has 202 valence electrons. The van der Waals surface area contributed by atoms with Crippen molar-refractivity contribution in [1.29, 1.82) is 0 Å². The van der Waals surface area contributed by atoms with Crippen LogP contribution in [0.2, 0.25) is 0 Å². The summed E-state index contributed by atoms with van der Waals surface area (Å²) in [5, 5.41) is 67.3. The number of aliphatic hydroxyl groups is 6. The van der Waals surface area contributed by atoms with Gasteiger partial charge in [-0.15, -0.1) is 0 Å². The Morgan fingerprint density at radius 3 is 2.23 bits per heavy atom. The minimum atomic E-state index is -1.76. The Hall–Kier alpha value is -1.86. The summed E-state index contributed by atoms with van der Waals surface area (Å²) in [6.45, 7) is 4.55. The SMILES string of the molecule is CC(=C\C(=O)O)/C=C(\C)C[C@H](C)CCCC[C@@H](O)[C@@H](CO)C(=O)OC[C@H]1O[C@@H](O)[C@@H](O)[C@@H](O)[C@H]1O. The van der Waals surface area contributed by atoms with Crippen LogP contribution in [0.15, 0.2) is 23.3 Å². The third kappa shape index (κ3) is 10.7. The first-order chi connectivity index (χ1) is 16.4. The Bertz CT molecular complexity index is 735. The van der Waals surface area contributed by atoms with E-state index in [1.807, 2.05) is 13.0 Å². The molecular weight excluding hydrogens is 464 g/mol. The van der Waals surface area contributed by atoms with Gasteiger partial charge in [0.05, 0.1) is 12.7 Å². The zero-order valence-corrected chi connectivity index (χ0v) is 20.5. The van der Waals surface area contributed by atoms with Crippen molar-refractivity contribution < 1.29 is 54.8 Å². The Morgan fingerprint density at radius 1 is 1.00 bits per heavy atom. The summed E-state index contributed by atoms with van der Waals surface area (Å²) in [4.78, 5) is 23.0. The first kappa shape index (κ1) is 31.2. The maximum absolute atomic E-state index is 12.3. The van der Waals surface area contributed by atoms with E-state index in [-0.39, 0.29) is 6.42 Å². The van der Waals surface area contributed by atoms with Crippen LogP contribution in [-0.4, -0.2) is 97.7 Å². The molecule has 1 fully saturated rings. The van der Waals surface area contributed by atoms with E-state index in [9.17, 15) is 40.2 Å². The molecule has 0 bridgehead atoms. The second-order valence-electron chi connectivity index (χ2n) is 9.33. The fourth-order valence-electron chi connectivity index (χ4n) is 4.08. The number of unbranched alkanes of at least 4 members (excludes halogenated alkanes) is 1. The van der Waals surface area contributed by atoms with Gasteiger partial charge in [0.1, 0.15) is 36.9 Å². The zero-order valence-electron chi connectivity index (χ0n) is 20.5. The van der Waals surface area contributed by atoms with Gasteiger partial charge in [-0.25, -0.2) is 4.79 Å². The lowest BCUT2D eigenvalue weighted by atomic mass is 9.93. The molecule has 1 heterocycles. The van der Waals surface area contributed by atoms with Crippen LogP contribution < -0.4 is 0 Å². The fourth-order valence-corrected chi connectivity index (χ4v) is 4.08. The number of allylic oxidation sites excluding steroid dienone is 3. The number of esters is 1. The van der Waals surface area contributed by atoms with E-state index >= 15 is 0 Å². The Labute approximate surface area is 205 Å². The van der Waals surface area contributed by atoms with Crippen molar-refractivity contribution in [1.82, 2.24) is 0 Å². The molecule has 35 heavy (non-hydrogen) atoms. The van der Waals surface area contributed by atoms with Gasteiger partial charge in [-0.2, -0.15) is 0 Å². The Kier molecular flexibility index (Phi) is 13.6. The number of rotatable bonds is 14. The third-order valence-electron chi connectivity index (χ3n) is 5.98. The summed E-state index contributed by atoms with van der Waals surface area (Å²) in [6.07, 6.45) is -2.89. The fraction of sp³-hybridized carbons (Fsp3) is 0.750. The topological polar surface area (TPSA) is 194 Å². The maximum atomic E-state index is 12.3. The number of hydrogen-bond acceptors (Lipinski definition) is 10. The van der Waals surface area contributed by atoms with Gasteiger partial charge in [-0.1, -0.05) is 37.8 Å². The molecule has 1 aliphatic rings. The Morgan fingerprint density at radius 2 is 1.63 bits per heavy atom.